The molecule has 2 heterocycles. The molecule has 0 aromatic heterocycles. The van der Waals surface area contributed by atoms with E-state index in [4.69, 9.17) is 4.74 Å². The number of carbonyl (C=O) groups excluding carboxylic acids is 1. The second kappa shape index (κ2) is 5.11. The molecule has 0 spiro atoms. The van der Waals surface area contributed by atoms with Crippen LogP contribution in [0, 0.1) is 0 Å². The Morgan fingerprint density at radius 3 is 2.80 bits per heavy atom. The van der Waals surface area contributed by atoms with Gasteiger partial charge in [0.05, 0.1) is 12.7 Å². The Hall–Kier alpha value is -2.11. The van der Waals surface area contributed by atoms with Gasteiger partial charge in [0, 0.05) is 18.4 Å². The van der Waals surface area contributed by atoms with Gasteiger partial charge < -0.3 is 9.30 Å². The summed E-state index contributed by atoms with van der Waals surface area (Å²) in [5.74, 6) is -0.466. The summed E-state index contributed by atoms with van der Waals surface area (Å²) < 4.78 is 6.76. The fraction of sp³-hybridized carbons (Fsp3) is 0.500. The Labute approximate surface area is 116 Å². The molecule has 0 radical (unpaired) electrons. The SMILES string of the molecule is COC(=O)c1cn(C2CCCCC2)cc2c(=O)[nH]nc1-2. The standard InChI is InChI=1S/C14H17N3O3/c1-20-14(19)11-8-17(9-5-3-2-4-6-9)7-10-12(11)15-16-13(10)18/h7-9H,2-6H2,1H3,(H,16,18). The lowest BCUT2D eigenvalue weighted by Gasteiger charge is -2.25. The zero-order chi connectivity index (χ0) is 14.1. The van der Waals surface area contributed by atoms with Crippen molar-refractivity contribution in [2.45, 2.75) is 38.1 Å². The predicted molar refractivity (Wildman–Crippen MR) is 72.9 cm³/mol. The van der Waals surface area contributed by atoms with Gasteiger partial charge in [0.15, 0.2) is 0 Å². The van der Waals surface area contributed by atoms with E-state index in [0.717, 1.165) is 12.8 Å². The van der Waals surface area contributed by atoms with Crippen molar-refractivity contribution in [3.63, 3.8) is 0 Å². The number of hydrogen-bond acceptors (Lipinski definition) is 4. The molecule has 0 aromatic rings. The highest BCUT2D eigenvalue weighted by Crippen LogP contribution is 2.30. The summed E-state index contributed by atoms with van der Waals surface area (Å²) in [7, 11) is 1.33. The Balaban J connectivity index is 2.12. The zero-order valence-corrected chi connectivity index (χ0v) is 11.4. The third-order valence-electron chi connectivity index (χ3n) is 3.98. The van der Waals surface area contributed by atoms with Gasteiger partial charge in [-0.15, -0.1) is 0 Å². The first-order valence-electron chi connectivity index (χ1n) is 6.89. The fourth-order valence-electron chi connectivity index (χ4n) is 2.91. The number of rotatable bonds is 2. The van der Waals surface area contributed by atoms with Crippen LogP contribution in [-0.2, 0) is 4.74 Å². The van der Waals surface area contributed by atoms with Gasteiger partial charge in [0.1, 0.15) is 11.3 Å². The molecule has 0 saturated heterocycles. The Bertz CT molecular complexity index is 652. The molecule has 0 aromatic carbocycles. The second-order valence-electron chi connectivity index (χ2n) is 5.22. The van der Waals surface area contributed by atoms with E-state index in [9.17, 15) is 9.59 Å². The molecule has 1 fully saturated rings. The van der Waals surface area contributed by atoms with Crippen LogP contribution in [-0.4, -0.2) is 27.8 Å². The molecule has 1 aliphatic carbocycles. The van der Waals surface area contributed by atoms with Crippen molar-refractivity contribution in [3.8, 4) is 11.3 Å². The van der Waals surface area contributed by atoms with Crippen LogP contribution in [0.25, 0.3) is 11.3 Å². The molecule has 0 atom stereocenters. The van der Waals surface area contributed by atoms with Crippen LogP contribution in [0.3, 0.4) is 0 Å². The third kappa shape index (κ3) is 2.11. The summed E-state index contributed by atoms with van der Waals surface area (Å²) in [5.41, 5.74) is 0.900. The highest BCUT2D eigenvalue weighted by molar-refractivity contribution is 5.95. The van der Waals surface area contributed by atoms with Crippen molar-refractivity contribution >= 4 is 5.97 Å². The van der Waals surface area contributed by atoms with Gasteiger partial charge in [0.2, 0.25) is 0 Å². The number of ether oxygens (including phenoxy) is 1. The summed E-state index contributed by atoms with van der Waals surface area (Å²) in [5, 5.41) is 6.32. The second-order valence-corrected chi connectivity index (χ2v) is 5.22. The number of H-pyrrole nitrogens is 1. The number of pyridine rings is 1. The molecule has 20 heavy (non-hydrogen) atoms. The molecule has 106 valence electrons. The van der Waals surface area contributed by atoms with Crippen molar-refractivity contribution in [2.24, 2.45) is 0 Å². The number of nitrogens with one attached hydrogen (secondary N) is 1. The monoisotopic (exact) mass is 275 g/mol. The fourth-order valence-corrected chi connectivity index (χ4v) is 2.91. The van der Waals surface area contributed by atoms with Crippen molar-refractivity contribution in [1.82, 2.24) is 14.8 Å². The maximum absolute atomic E-state index is 11.9. The van der Waals surface area contributed by atoms with Gasteiger partial charge in [-0.25, -0.2) is 9.89 Å². The van der Waals surface area contributed by atoms with E-state index in [1.165, 1.54) is 26.4 Å². The third-order valence-corrected chi connectivity index (χ3v) is 3.98. The minimum Gasteiger partial charge on any atom is -0.465 e. The number of esters is 1. The first kappa shape index (κ1) is 12.9. The molecule has 3 aliphatic rings. The van der Waals surface area contributed by atoms with Crippen LogP contribution < -0.4 is 5.56 Å². The lowest BCUT2D eigenvalue weighted by molar-refractivity contribution is 0.0600. The lowest BCUT2D eigenvalue weighted by Crippen LogP contribution is -2.17. The van der Waals surface area contributed by atoms with E-state index >= 15 is 0 Å². The molecule has 0 bridgehead atoms. The molecular weight excluding hydrogens is 258 g/mol. The number of carbonyl (C=O) groups is 1. The van der Waals surface area contributed by atoms with Crippen LogP contribution in [0.4, 0.5) is 0 Å². The summed E-state index contributed by atoms with van der Waals surface area (Å²) in [6.07, 6.45) is 9.30. The lowest BCUT2D eigenvalue weighted by atomic mass is 9.94. The zero-order valence-electron chi connectivity index (χ0n) is 11.4. The number of aromatic amines is 1. The van der Waals surface area contributed by atoms with Gasteiger partial charge >= 0.3 is 5.97 Å². The average molecular weight is 275 g/mol. The highest BCUT2D eigenvalue weighted by Gasteiger charge is 2.24. The molecule has 6 heteroatoms. The first-order valence-corrected chi connectivity index (χ1v) is 6.89. The molecule has 3 rings (SSSR count). The molecule has 2 aliphatic heterocycles. The van der Waals surface area contributed by atoms with Gasteiger partial charge in [-0.1, -0.05) is 19.3 Å². The van der Waals surface area contributed by atoms with Crippen molar-refractivity contribution < 1.29 is 9.53 Å². The minimum absolute atomic E-state index is 0.268. The maximum Gasteiger partial charge on any atom is 0.341 e. The van der Waals surface area contributed by atoms with Gasteiger partial charge in [-0.3, -0.25) is 4.79 Å². The van der Waals surface area contributed by atoms with Crippen molar-refractivity contribution in [1.29, 1.82) is 0 Å². The summed E-state index contributed by atoms with van der Waals surface area (Å²) in [6.45, 7) is 0. The molecule has 0 unspecified atom stereocenters. The largest absolute Gasteiger partial charge is 0.465 e. The number of nitrogens with zero attached hydrogens (tertiary/aromatic N) is 2. The van der Waals surface area contributed by atoms with Crippen LogP contribution in [0.2, 0.25) is 0 Å². The van der Waals surface area contributed by atoms with Crippen LogP contribution >= 0.6 is 0 Å². The van der Waals surface area contributed by atoms with Crippen LogP contribution in [0.15, 0.2) is 17.2 Å². The van der Waals surface area contributed by atoms with E-state index < -0.39 is 5.97 Å². The maximum atomic E-state index is 11.9. The first-order chi connectivity index (χ1) is 9.70. The summed E-state index contributed by atoms with van der Waals surface area (Å²) in [6, 6.07) is 0.339. The van der Waals surface area contributed by atoms with Gasteiger partial charge in [-0.2, -0.15) is 5.10 Å². The van der Waals surface area contributed by atoms with E-state index in [1.54, 1.807) is 12.4 Å². The molecule has 1 N–H and O–H groups in total. The van der Waals surface area contributed by atoms with Gasteiger partial charge in [0.25, 0.3) is 5.56 Å². The molecule has 6 nitrogen and oxygen atoms in total. The minimum atomic E-state index is -0.466. The quantitative estimate of drug-likeness (QED) is 0.850. The van der Waals surface area contributed by atoms with E-state index in [2.05, 4.69) is 10.2 Å². The van der Waals surface area contributed by atoms with Crippen molar-refractivity contribution in [3.05, 3.63) is 28.3 Å². The molecule has 1 saturated carbocycles. The highest BCUT2D eigenvalue weighted by atomic mass is 16.5. The van der Waals surface area contributed by atoms with E-state index in [0.29, 0.717) is 22.9 Å². The topological polar surface area (TPSA) is 77.0 Å². The number of hydrogen-bond donors (Lipinski definition) is 1. The smallest absolute Gasteiger partial charge is 0.341 e. The number of fused-ring (bicyclic) bond motifs is 1. The predicted octanol–water partition coefficient (Wildman–Crippen LogP) is 1.97. The van der Waals surface area contributed by atoms with Crippen LogP contribution in [0.1, 0.15) is 48.5 Å². The molecule has 0 amide bonds. The normalized spacial score (nSPS) is 16.4. The Morgan fingerprint density at radius 2 is 2.10 bits per heavy atom. The number of aromatic nitrogens is 3. The van der Waals surface area contributed by atoms with E-state index in [1.807, 2.05) is 4.57 Å². The van der Waals surface area contributed by atoms with E-state index in [-0.39, 0.29) is 5.56 Å². The molecular formula is C14H17N3O3. The van der Waals surface area contributed by atoms with Crippen LogP contribution in [0.5, 0.6) is 0 Å². The summed E-state index contributed by atoms with van der Waals surface area (Å²) in [4.78, 5) is 23.7. The van der Waals surface area contributed by atoms with Gasteiger partial charge in [-0.05, 0) is 12.8 Å². The number of methoxy groups -OCH3 is 1. The average Bonchev–Trinajstić information content (AvgIpc) is 2.88. The van der Waals surface area contributed by atoms with Crippen molar-refractivity contribution in [2.75, 3.05) is 7.11 Å². The Morgan fingerprint density at radius 1 is 1.35 bits per heavy atom. The summed E-state index contributed by atoms with van der Waals surface area (Å²) >= 11 is 0. The Kier molecular flexibility index (Phi) is 3.30.